The molecule has 0 N–H and O–H groups in total. The predicted molar refractivity (Wildman–Crippen MR) is 107 cm³/mol. The Bertz CT molecular complexity index is 762. The van der Waals surface area contributed by atoms with Crippen LogP contribution in [0.25, 0.3) is 0 Å². The van der Waals surface area contributed by atoms with Gasteiger partial charge < -0.3 is 4.74 Å². The molecule has 140 valence electrons. The van der Waals surface area contributed by atoms with Gasteiger partial charge in [-0.3, -0.25) is 9.69 Å². The van der Waals surface area contributed by atoms with Gasteiger partial charge in [-0.2, -0.15) is 0 Å². The Morgan fingerprint density at radius 1 is 1.04 bits per heavy atom. The van der Waals surface area contributed by atoms with Gasteiger partial charge in [0, 0.05) is 12.0 Å². The first kappa shape index (κ1) is 18.0. The van der Waals surface area contributed by atoms with Crippen LogP contribution in [0.1, 0.15) is 36.4 Å². The Kier molecular flexibility index (Phi) is 5.13. The third-order valence-corrected chi connectivity index (χ3v) is 6.30. The molecule has 3 heteroatoms. The summed E-state index contributed by atoms with van der Waals surface area (Å²) in [6.45, 7) is 1.92. The summed E-state index contributed by atoms with van der Waals surface area (Å²) in [6, 6.07) is 21.6. The molecule has 2 aliphatic rings. The molecular weight excluding hydrogens is 334 g/mol. The lowest BCUT2D eigenvalue weighted by Crippen LogP contribution is -2.41. The molecule has 0 amide bonds. The average Bonchev–Trinajstić information content (AvgIpc) is 3.13. The van der Waals surface area contributed by atoms with Crippen LogP contribution in [-0.4, -0.2) is 31.1 Å². The third-order valence-electron chi connectivity index (χ3n) is 6.30. The molecule has 3 nitrogen and oxygen atoms in total. The Morgan fingerprint density at radius 2 is 1.67 bits per heavy atom. The summed E-state index contributed by atoms with van der Waals surface area (Å²) in [5.41, 5.74) is 2.60. The zero-order valence-corrected chi connectivity index (χ0v) is 15.9. The Balaban J connectivity index is 1.67. The molecule has 2 aromatic rings. The number of benzene rings is 2. The lowest BCUT2D eigenvalue weighted by Gasteiger charge is -2.38. The predicted octanol–water partition coefficient (Wildman–Crippen LogP) is 4.61. The monoisotopic (exact) mass is 361 g/mol. The number of methoxy groups -OCH3 is 1. The van der Waals surface area contributed by atoms with Gasteiger partial charge in [0.15, 0.2) is 0 Å². The van der Waals surface area contributed by atoms with Crippen LogP contribution in [0, 0.1) is 11.3 Å². The minimum absolute atomic E-state index is 0.0103. The molecule has 27 heavy (non-hydrogen) atoms. The van der Waals surface area contributed by atoms with Crippen LogP contribution in [0.3, 0.4) is 0 Å². The number of likely N-dealkylation sites (tertiary alicyclic amines) is 1. The third kappa shape index (κ3) is 3.44. The fourth-order valence-electron chi connectivity index (χ4n) is 4.92. The fourth-order valence-corrected chi connectivity index (χ4v) is 4.92. The normalized spacial score (nSPS) is 25.2. The van der Waals surface area contributed by atoms with E-state index in [4.69, 9.17) is 4.74 Å². The van der Waals surface area contributed by atoms with E-state index in [1.807, 2.05) is 0 Å². The van der Waals surface area contributed by atoms with Crippen LogP contribution in [0.15, 0.2) is 72.8 Å². The van der Waals surface area contributed by atoms with E-state index in [1.165, 1.54) is 18.2 Å². The molecule has 1 saturated heterocycles. The lowest BCUT2D eigenvalue weighted by atomic mass is 9.68. The number of hydrogen-bond donors (Lipinski definition) is 0. The second kappa shape index (κ2) is 7.69. The maximum Gasteiger partial charge on any atom is 0.309 e. The van der Waals surface area contributed by atoms with Crippen molar-refractivity contribution in [2.24, 2.45) is 11.3 Å². The summed E-state index contributed by atoms with van der Waals surface area (Å²) < 4.78 is 5.15. The van der Waals surface area contributed by atoms with Gasteiger partial charge in [-0.1, -0.05) is 72.8 Å². The topological polar surface area (TPSA) is 29.5 Å². The van der Waals surface area contributed by atoms with E-state index in [-0.39, 0.29) is 23.3 Å². The summed E-state index contributed by atoms with van der Waals surface area (Å²) in [7, 11) is 1.51. The highest BCUT2D eigenvalue weighted by Gasteiger charge is 2.49. The average molecular weight is 361 g/mol. The van der Waals surface area contributed by atoms with Gasteiger partial charge in [0.25, 0.3) is 0 Å². The molecule has 2 atom stereocenters. The van der Waals surface area contributed by atoms with Crippen molar-refractivity contribution in [2.45, 2.75) is 25.3 Å². The summed E-state index contributed by atoms with van der Waals surface area (Å²) in [6.07, 6.45) is 7.18. The standard InChI is InChI=1S/C24H27NO2/c1-27-23(26)21-14-8-9-15-24(21)16-17-25(18-24)22(19-10-4-2-5-11-19)20-12-6-3-7-13-20/h2-13,21-22H,14-18H2,1H3/t21-,24-/m1/s1. The van der Waals surface area contributed by atoms with Crippen molar-refractivity contribution in [1.29, 1.82) is 0 Å². The van der Waals surface area contributed by atoms with Crippen LogP contribution in [0.2, 0.25) is 0 Å². The van der Waals surface area contributed by atoms with E-state index in [0.29, 0.717) is 0 Å². The number of ether oxygens (including phenoxy) is 1. The van der Waals surface area contributed by atoms with Crippen LogP contribution >= 0.6 is 0 Å². The molecule has 0 saturated carbocycles. The van der Waals surface area contributed by atoms with Gasteiger partial charge in [0.05, 0.1) is 19.1 Å². The molecule has 0 radical (unpaired) electrons. The molecule has 4 rings (SSSR count). The highest BCUT2D eigenvalue weighted by molar-refractivity contribution is 5.74. The number of hydrogen-bond acceptors (Lipinski definition) is 3. The summed E-state index contributed by atoms with van der Waals surface area (Å²) in [5.74, 6) is -0.0955. The maximum absolute atomic E-state index is 12.5. The molecule has 0 aromatic heterocycles. The van der Waals surface area contributed by atoms with Crippen LogP contribution in [0.5, 0.6) is 0 Å². The van der Waals surface area contributed by atoms with E-state index < -0.39 is 0 Å². The van der Waals surface area contributed by atoms with Crippen molar-refractivity contribution in [3.63, 3.8) is 0 Å². The van der Waals surface area contributed by atoms with Gasteiger partial charge in [-0.15, -0.1) is 0 Å². The van der Waals surface area contributed by atoms with E-state index in [9.17, 15) is 4.79 Å². The maximum atomic E-state index is 12.5. The van der Waals surface area contributed by atoms with Crippen LogP contribution in [0.4, 0.5) is 0 Å². The largest absolute Gasteiger partial charge is 0.469 e. The molecule has 1 heterocycles. The molecule has 0 bridgehead atoms. The second-order valence-corrected chi connectivity index (χ2v) is 7.79. The van der Waals surface area contributed by atoms with E-state index in [0.717, 1.165) is 32.4 Å². The SMILES string of the molecule is COC(=O)[C@H]1CC=CC[C@]12CCN(C(c1ccccc1)c1ccccc1)C2. The number of rotatable bonds is 4. The number of esters is 1. The minimum atomic E-state index is -0.0582. The van der Waals surface area contributed by atoms with Crippen molar-refractivity contribution in [1.82, 2.24) is 4.90 Å². The molecule has 1 aliphatic carbocycles. The van der Waals surface area contributed by atoms with Crippen molar-refractivity contribution >= 4 is 5.97 Å². The van der Waals surface area contributed by atoms with Gasteiger partial charge in [0.1, 0.15) is 0 Å². The number of allylic oxidation sites excluding steroid dienone is 2. The zero-order chi connectivity index (χ0) is 18.7. The molecule has 2 aromatic carbocycles. The fraction of sp³-hybridized carbons (Fsp3) is 0.375. The Labute approximate surface area is 161 Å². The van der Waals surface area contributed by atoms with Gasteiger partial charge in [0.2, 0.25) is 0 Å². The molecule has 1 spiro atoms. The van der Waals surface area contributed by atoms with Crippen molar-refractivity contribution in [3.05, 3.63) is 83.9 Å². The van der Waals surface area contributed by atoms with Crippen molar-refractivity contribution in [3.8, 4) is 0 Å². The Hall–Kier alpha value is -2.39. The molecule has 0 unspecified atom stereocenters. The first-order valence-corrected chi connectivity index (χ1v) is 9.80. The van der Waals surface area contributed by atoms with Gasteiger partial charge in [-0.25, -0.2) is 0 Å². The first-order valence-electron chi connectivity index (χ1n) is 9.80. The van der Waals surface area contributed by atoms with Gasteiger partial charge >= 0.3 is 5.97 Å². The first-order chi connectivity index (χ1) is 13.2. The number of carbonyl (C=O) groups excluding carboxylic acids is 1. The smallest absolute Gasteiger partial charge is 0.309 e. The summed E-state index contributed by atoms with van der Waals surface area (Å²) in [5, 5.41) is 0. The van der Waals surface area contributed by atoms with E-state index >= 15 is 0 Å². The lowest BCUT2D eigenvalue weighted by molar-refractivity contribution is -0.150. The van der Waals surface area contributed by atoms with Crippen molar-refractivity contribution in [2.75, 3.05) is 20.2 Å². The van der Waals surface area contributed by atoms with Gasteiger partial charge in [-0.05, 0) is 36.9 Å². The minimum Gasteiger partial charge on any atom is -0.469 e. The summed E-state index contributed by atoms with van der Waals surface area (Å²) >= 11 is 0. The molecular formula is C24H27NO2. The highest BCUT2D eigenvalue weighted by atomic mass is 16.5. The number of nitrogens with zero attached hydrogens (tertiary/aromatic N) is 1. The van der Waals surface area contributed by atoms with Crippen molar-refractivity contribution < 1.29 is 9.53 Å². The van der Waals surface area contributed by atoms with E-state index in [2.05, 4.69) is 77.7 Å². The second-order valence-electron chi connectivity index (χ2n) is 7.79. The number of carbonyl (C=O) groups is 1. The molecule has 1 aliphatic heterocycles. The Morgan fingerprint density at radius 3 is 2.26 bits per heavy atom. The summed E-state index contributed by atoms with van der Waals surface area (Å²) in [4.78, 5) is 15.0. The highest BCUT2D eigenvalue weighted by Crippen LogP contribution is 2.48. The quantitative estimate of drug-likeness (QED) is 0.588. The molecule has 1 fully saturated rings. The zero-order valence-electron chi connectivity index (χ0n) is 15.9. The van der Waals surface area contributed by atoms with Crippen LogP contribution < -0.4 is 0 Å². The van der Waals surface area contributed by atoms with Crippen LogP contribution in [-0.2, 0) is 9.53 Å². The van der Waals surface area contributed by atoms with E-state index in [1.54, 1.807) is 0 Å².